The van der Waals surface area contributed by atoms with Crippen LogP contribution < -0.4 is 14.8 Å². The molecule has 3 heterocycles. The van der Waals surface area contributed by atoms with E-state index in [4.69, 9.17) is 13.9 Å². The summed E-state index contributed by atoms with van der Waals surface area (Å²) in [6.07, 6.45) is 0. The van der Waals surface area contributed by atoms with Crippen LogP contribution >= 0.6 is 11.3 Å². The van der Waals surface area contributed by atoms with Crippen molar-refractivity contribution in [1.29, 1.82) is 0 Å². The van der Waals surface area contributed by atoms with Gasteiger partial charge in [0.2, 0.25) is 11.8 Å². The van der Waals surface area contributed by atoms with Gasteiger partial charge in [0.05, 0.1) is 0 Å². The Hall–Kier alpha value is -2.09. The van der Waals surface area contributed by atoms with Crippen molar-refractivity contribution in [3.63, 3.8) is 0 Å². The van der Waals surface area contributed by atoms with E-state index < -0.39 is 0 Å². The van der Waals surface area contributed by atoms with Crippen LogP contribution in [0.5, 0.6) is 11.5 Å². The molecule has 1 N–H and O–H groups in total. The predicted molar refractivity (Wildman–Crippen MR) is 79.6 cm³/mol. The first-order valence-corrected chi connectivity index (χ1v) is 7.95. The van der Waals surface area contributed by atoms with Gasteiger partial charge in [0.25, 0.3) is 5.91 Å². The molecule has 0 fully saturated rings. The average molecular weight is 323 g/mol. The van der Waals surface area contributed by atoms with Crippen molar-refractivity contribution in [2.75, 3.05) is 13.2 Å². The Morgan fingerprint density at radius 3 is 2.68 bits per heavy atom. The van der Waals surface area contributed by atoms with Crippen LogP contribution in [-0.4, -0.2) is 29.3 Å². The SMILES string of the molecule is CC(C)c1nnc([C@@H](C)NC(=O)c2scc3c2OCCO3)o1. The molecule has 22 heavy (non-hydrogen) atoms. The zero-order chi connectivity index (χ0) is 15.7. The van der Waals surface area contributed by atoms with Gasteiger partial charge in [0.15, 0.2) is 11.5 Å². The number of carbonyl (C=O) groups is 1. The lowest BCUT2D eigenvalue weighted by Crippen LogP contribution is -2.27. The van der Waals surface area contributed by atoms with Gasteiger partial charge in [-0.25, -0.2) is 0 Å². The summed E-state index contributed by atoms with van der Waals surface area (Å²) in [5.41, 5.74) is 0. The van der Waals surface area contributed by atoms with Gasteiger partial charge in [0, 0.05) is 11.3 Å². The van der Waals surface area contributed by atoms with Crippen molar-refractivity contribution in [1.82, 2.24) is 15.5 Å². The molecule has 2 aromatic rings. The number of nitrogens with zero attached hydrogens (tertiary/aromatic N) is 2. The lowest BCUT2D eigenvalue weighted by molar-refractivity contribution is 0.0929. The minimum atomic E-state index is -0.380. The molecule has 118 valence electrons. The Kier molecular flexibility index (Phi) is 4.02. The van der Waals surface area contributed by atoms with Gasteiger partial charge in [-0.15, -0.1) is 21.5 Å². The first-order valence-electron chi connectivity index (χ1n) is 7.07. The maximum absolute atomic E-state index is 12.4. The Morgan fingerprint density at radius 1 is 1.23 bits per heavy atom. The highest BCUT2D eigenvalue weighted by Crippen LogP contribution is 2.39. The molecule has 0 unspecified atom stereocenters. The van der Waals surface area contributed by atoms with Crippen molar-refractivity contribution in [3.05, 3.63) is 22.0 Å². The fourth-order valence-electron chi connectivity index (χ4n) is 2.00. The molecule has 1 aliphatic rings. The van der Waals surface area contributed by atoms with Gasteiger partial charge in [-0.3, -0.25) is 4.79 Å². The summed E-state index contributed by atoms with van der Waals surface area (Å²) >= 11 is 1.29. The van der Waals surface area contributed by atoms with Crippen molar-refractivity contribution in [2.24, 2.45) is 0 Å². The number of thiophene rings is 1. The van der Waals surface area contributed by atoms with Gasteiger partial charge in [-0.05, 0) is 6.92 Å². The van der Waals surface area contributed by atoms with Crippen molar-refractivity contribution < 1.29 is 18.7 Å². The second-order valence-corrected chi connectivity index (χ2v) is 6.16. The topological polar surface area (TPSA) is 86.5 Å². The maximum atomic E-state index is 12.4. The van der Waals surface area contributed by atoms with E-state index in [0.29, 0.717) is 41.4 Å². The second kappa shape index (κ2) is 5.96. The normalized spacial score (nSPS) is 14.9. The summed E-state index contributed by atoms with van der Waals surface area (Å²) in [7, 11) is 0. The monoisotopic (exact) mass is 323 g/mol. The van der Waals surface area contributed by atoms with Crippen molar-refractivity contribution >= 4 is 17.2 Å². The number of hydrogen-bond donors (Lipinski definition) is 1. The van der Waals surface area contributed by atoms with Gasteiger partial charge in [-0.2, -0.15) is 0 Å². The quantitative estimate of drug-likeness (QED) is 0.930. The highest BCUT2D eigenvalue weighted by atomic mass is 32.1. The van der Waals surface area contributed by atoms with Gasteiger partial charge in [0.1, 0.15) is 24.1 Å². The predicted octanol–water partition coefficient (Wildman–Crippen LogP) is 2.52. The van der Waals surface area contributed by atoms with Crippen LogP contribution in [0.15, 0.2) is 9.80 Å². The van der Waals surface area contributed by atoms with Gasteiger partial charge >= 0.3 is 0 Å². The Labute approximate surface area is 131 Å². The molecule has 0 aliphatic carbocycles. The van der Waals surface area contributed by atoms with E-state index in [1.54, 1.807) is 12.3 Å². The van der Waals surface area contributed by atoms with E-state index in [-0.39, 0.29) is 17.9 Å². The van der Waals surface area contributed by atoms with Crippen LogP contribution in [0.4, 0.5) is 0 Å². The molecular formula is C14H17N3O4S. The van der Waals surface area contributed by atoms with Crippen LogP contribution in [0.1, 0.15) is 54.2 Å². The summed E-state index contributed by atoms with van der Waals surface area (Å²) in [4.78, 5) is 12.9. The lowest BCUT2D eigenvalue weighted by atomic mass is 10.2. The third kappa shape index (κ3) is 2.78. The zero-order valence-electron chi connectivity index (χ0n) is 12.6. The summed E-state index contributed by atoms with van der Waals surface area (Å²) in [5.74, 6) is 1.98. The molecule has 8 heteroatoms. The Morgan fingerprint density at radius 2 is 1.95 bits per heavy atom. The largest absolute Gasteiger partial charge is 0.485 e. The van der Waals surface area contributed by atoms with Crippen molar-refractivity contribution in [2.45, 2.75) is 32.7 Å². The highest BCUT2D eigenvalue weighted by Gasteiger charge is 2.25. The number of aromatic nitrogens is 2. The Bertz CT molecular complexity index is 679. The molecule has 1 atom stereocenters. The first kappa shape index (κ1) is 14.8. The summed E-state index contributed by atoms with van der Waals surface area (Å²) in [6.45, 7) is 6.68. The first-order chi connectivity index (χ1) is 10.6. The second-order valence-electron chi connectivity index (χ2n) is 5.28. The number of ether oxygens (including phenoxy) is 2. The van der Waals surface area contributed by atoms with Crippen LogP contribution in [-0.2, 0) is 0 Å². The molecule has 0 radical (unpaired) electrons. The molecular weight excluding hydrogens is 306 g/mol. The molecule has 0 aromatic carbocycles. The number of rotatable bonds is 4. The molecule has 1 amide bonds. The Balaban J connectivity index is 1.72. The fourth-order valence-corrected chi connectivity index (χ4v) is 2.83. The van der Waals surface area contributed by atoms with E-state index in [0.717, 1.165) is 0 Å². The lowest BCUT2D eigenvalue weighted by Gasteiger charge is -2.16. The highest BCUT2D eigenvalue weighted by molar-refractivity contribution is 7.12. The number of carbonyl (C=O) groups excluding carboxylic acids is 1. The minimum Gasteiger partial charge on any atom is -0.485 e. The van der Waals surface area contributed by atoms with Crippen LogP contribution in [0.3, 0.4) is 0 Å². The van der Waals surface area contributed by atoms with E-state index in [2.05, 4.69) is 15.5 Å². The van der Waals surface area contributed by atoms with E-state index >= 15 is 0 Å². The van der Waals surface area contributed by atoms with Crippen molar-refractivity contribution in [3.8, 4) is 11.5 Å². The van der Waals surface area contributed by atoms with E-state index in [1.807, 2.05) is 13.8 Å². The number of hydrogen-bond acceptors (Lipinski definition) is 7. The molecule has 1 aliphatic heterocycles. The molecule has 2 aromatic heterocycles. The van der Waals surface area contributed by atoms with Crippen LogP contribution in [0.25, 0.3) is 0 Å². The molecule has 7 nitrogen and oxygen atoms in total. The number of fused-ring (bicyclic) bond motifs is 1. The minimum absolute atomic E-state index is 0.152. The fraction of sp³-hybridized carbons (Fsp3) is 0.500. The molecule has 0 saturated heterocycles. The number of nitrogens with one attached hydrogen (secondary N) is 1. The standard InChI is InChI=1S/C14H17N3O4S/c1-7(2)13-16-17-14(21-13)8(3)15-12(18)11-10-9(6-22-11)19-4-5-20-10/h6-8H,4-5H2,1-3H3,(H,15,18)/t8-/m1/s1. The number of amides is 1. The zero-order valence-corrected chi connectivity index (χ0v) is 13.4. The van der Waals surface area contributed by atoms with E-state index in [1.165, 1.54) is 11.3 Å². The van der Waals surface area contributed by atoms with Crippen LogP contribution in [0.2, 0.25) is 0 Å². The molecule has 0 saturated carbocycles. The van der Waals surface area contributed by atoms with Gasteiger partial charge in [-0.1, -0.05) is 13.8 Å². The third-order valence-electron chi connectivity index (χ3n) is 3.18. The van der Waals surface area contributed by atoms with Crippen LogP contribution in [0, 0.1) is 0 Å². The average Bonchev–Trinajstić information content (AvgIpc) is 3.14. The third-order valence-corrected chi connectivity index (χ3v) is 4.11. The summed E-state index contributed by atoms with van der Waals surface area (Å²) in [5, 5.41) is 12.6. The summed E-state index contributed by atoms with van der Waals surface area (Å²) in [6, 6.07) is -0.380. The summed E-state index contributed by atoms with van der Waals surface area (Å²) < 4.78 is 16.5. The molecule has 0 bridgehead atoms. The molecule has 0 spiro atoms. The molecule has 3 rings (SSSR count). The smallest absolute Gasteiger partial charge is 0.265 e. The maximum Gasteiger partial charge on any atom is 0.265 e. The van der Waals surface area contributed by atoms with E-state index in [9.17, 15) is 4.79 Å². The van der Waals surface area contributed by atoms with Gasteiger partial charge < -0.3 is 19.2 Å².